The second-order valence-electron chi connectivity index (χ2n) is 4.63. The Bertz CT molecular complexity index is 206. The van der Waals surface area contributed by atoms with E-state index in [0.717, 1.165) is 25.8 Å². The first-order valence-corrected chi connectivity index (χ1v) is 6.35. The average molecular weight is 229 g/mol. The van der Waals surface area contributed by atoms with Gasteiger partial charge in [-0.3, -0.25) is 4.79 Å². The third-order valence-corrected chi connectivity index (χ3v) is 3.38. The van der Waals surface area contributed by atoms with E-state index in [1.54, 1.807) is 0 Å². The van der Waals surface area contributed by atoms with Gasteiger partial charge in [-0.1, -0.05) is 34.1 Å². The van der Waals surface area contributed by atoms with E-state index < -0.39 is 0 Å². The van der Waals surface area contributed by atoms with Gasteiger partial charge in [0.05, 0.1) is 13.5 Å². The van der Waals surface area contributed by atoms with Crippen molar-refractivity contribution in [1.82, 2.24) is 5.32 Å². The number of esters is 1. The number of carbonyl (C=O) groups excluding carboxylic acids is 1. The Labute approximate surface area is 99.9 Å². The standard InChI is InChI=1S/C13H27NO2/c1-6-11(4)9-13(7-2,14-8-3)10-12(15)16-5/h11,14H,6-10H2,1-5H3. The minimum Gasteiger partial charge on any atom is -0.469 e. The van der Waals surface area contributed by atoms with Gasteiger partial charge in [-0.2, -0.15) is 0 Å². The first-order chi connectivity index (χ1) is 7.53. The van der Waals surface area contributed by atoms with Gasteiger partial charge in [-0.15, -0.1) is 0 Å². The summed E-state index contributed by atoms with van der Waals surface area (Å²) < 4.78 is 4.79. The average Bonchev–Trinajstić information content (AvgIpc) is 2.28. The van der Waals surface area contributed by atoms with E-state index in [4.69, 9.17) is 4.74 Å². The van der Waals surface area contributed by atoms with Crippen molar-refractivity contribution < 1.29 is 9.53 Å². The summed E-state index contributed by atoms with van der Waals surface area (Å²) in [4.78, 5) is 11.5. The largest absolute Gasteiger partial charge is 0.469 e. The van der Waals surface area contributed by atoms with Crippen LogP contribution in [0.5, 0.6) is 0 Å². The molecule has 96 valence electrons. The Balaban J connectivity index is 4.62. The molecule has 0 heterocycles. The van der Waals surface area contributed by atoms with Crippen molar-refractivity contribution in [2.75, 3.05) is 13.7 Å². The third kappa shape index (κ3) is 4.97. The van der Waals surface area contributed by atoms with Crippen molar-refractivity contribution in [3.05, 3.63) is 0 Å². The third-order valence-electron chi connectivity index (χ3n) is 3.38. The molecule has 0 saturated carbocycles. The molecule has 0 aromatic heterocycles. The topological polar surface area (TPSA) is 38.3 Å². The van der Waals surface area contributed by atoms with Gasteiger partial charge >= 0.3 is 5.97 Å². The molecule has 1 N–H and O–H groups in total. The number of rotatable bonds is 8. The van der Waals surface area contributed by atoms with Gasteiger partial charge in [0.1, 0.15) is 0 Å². The molecule has 16 heavy (non-hydrogen) atoms. The zero-order chi connectivity index (χ0) is 12.6. The van der Waals surface area contributed by atoms with Gasteiger partial charge in [0, 0.05) is 5.54 Å². The smallest absolute Gasteiger partial charge is 0.307 e. The zero-order valence-corrected chi connectivity index (χ0v) is 11.4. The Kier molecular flexibility index (Phi) is 7.39. The molecule has 0 aliphatic carbocycles. The van der Waals surface area contributed by atoms with Crippen LogP contribution in [-0.4, -0.2) is 25.2 Å². The molecule has 3 heteroatoms. The van der Waals surface area contributed by atoms with Crippen LogP contribution in [0.4, 0.5) is 0 Å². The fourth-order valence-electron chi connectivity index (χ4n) is 2.14. The highest BCUT2D eigenvalue weighted by molar-refractivity contribution is 5.70. The Morgan fingerprint density at radius 1 is 1.38 bits per heavy atom. The molecule has 0 fully saturated rings. The minimum atomic E-state index is -0.119. The van der Waals surface area contributed by atoms with E-state index in [9.17, 15) is 4.79 Å². The maximum absolute atomic E-state index is 11.5. The predicted octanol–water partition coefficient (Wildman–Crippen LogP) is 2.74. The van der Waals surface area contributed by atoms with Gasteiger partial charge in [0.25, 0.3) is 0 Å². The van der Waals surface area contributed by atoms with Crippen molar-refractivity contribution in [2.24, 2.45) is 5.92 Å². The normalized spacial score (nSPS) is 16.6. The van der Waals surface area contributed by atoms with Crippen molar-refractivity contribution in [2.45, 2.75) is 58.9 Å². The molecule has 3 nitrogen and oxygen atoms in total. The summed E-state index contributed by atoms with van der Waals surface area (Å²) in [6, 6.07) is 0. The monoisotopic (exact) mass is 229 g/mol. The lowest BCUT2D eigenvalue weighted by molar-refractivity contribution is -0.142. The molecule has 2 unspecified atom stereocenters. The number of methoxy groups -OCH3 is 1. The van der Waals surface area contributed by atoms with E-state index in [2.05, 4.69) is 33.0 Å². The van der Waals surface area contributed by atoms with Crippen LogP contribution in [0.2, 0.25) is 0 Å². The summed E-state index contributed by atoms with van der Waals surface area (Å²) in [5, 5.41) is 3.48. The van der Waals surface area contributed by atoms with Crippen molar-refractivity contribution in [1.29, 1.82) is 0 Å². The summed E-state index contributed by atoms with van der Waals surface area (Å²) in [6.07, 6.45) is 3.61. The molecule has 0 rings (SSSR count). The zero-order valence-electron chi connectivity index (χ0n) is 11.4. The first-order valence-electron chi connectivity index (χ1n) is 6.35. The van der Waals surface area contributed by atoms with Crippen LogP contribution >= 0.6 is 0 Å². The molecule has 0 aromatic rings. The summed E-state index contributed by atoms with van der Waals surface area (Å²) in [5.74, 6) is 0.509. The number of nitrogens with one attached hydrogen (secondary N) is 1. The van der Waals surface area contributed by atoms with Crippen LogP contribution < -0.4 is 5.32 Å². The number of carbonyl (C=O) groups is 1. The number of ether oxygens (including phenoxy) is 1. The minimum absolute atomic E-state index is 0.0860. The molecule has 0 spiro atoms. The van der Waals surface area contributed by atoms with Crippen molar-refractivity contribution in [3.63, 3.8) is 0 Å². The summed E-state index contributed by atoms with van der Waals surface area (Å²) >= 11 is 0. The molecule has 0 saturated heterocycles. The Morgan fingerprint density at radius 2 is 2.00 bits per heavy atom. The van der Waals surface area contributed by atoms with E-state index in [0.29, 0.717) is 12.3 Å². The van der Waals surface area contributed by atoms with Gasteiger partial charge < -0.3 is 10.1 Å². The van der Waals surface area contributed by atoms with E-state index in [-0.39, 0.29) is 11.5 Å². The molecule has 0 bridgehead atoms. The van der Waals surface area contributed by atoms with Crippen molar-refractivity contribution >= 4 is 5.97 Å². The fourth-order valence-corrected chi connectivity index (χ4v) is 2.14. The van der Waals surface area contributed by atoms with E-state index in [1.807, 2.05) is 0 Å². The van der Waals surface area contributed by atoms with Crippen LogP contribution in [0, 0.1) is 5.92 Å². The maximum Gasteiger partial charge on any atom is 0.307 e. The van der Waals surface area contributed by atoms with Crippen LogP contribution in [-0.2, 0) is 9.53 Å². The Morgan fingerprint density at radius 3 is 2.38 bits per heavy atom. The predicted molar refractivity (Wildman–Crippen MR) is 67.4 cm³/mol. The summed E-state index contributed by atoms with van der Waals surface area (Å²) in [7, 11) is 1.46. The Hall–Kier alpha value is -0.570. The van der Waals surface area contributed by atoms with Gasteiger partial charge in [0.2, 0.25) is 0 Å². The molecular weight excluding hydrogens is 202 g/mol. The highest BCUT2D eigenvalue weighted by Gasteiger charge is 2.31. The van der Waals surface area contributed by atoms with E-state index >= 15 is 0 Å². The lowest BCUT2D eigenvalue weighted by atomic mass is 9.82. The second kappa shape index (κ2) is 7.66. The van der Waals surface area contributed by atoms with Crippen molar-refractivity contribution in [3.8, 4) is 0 Å². The highest BCUT2D eigenvalue weighted by atomic mass is 16.5. The van der Waals surface area contributed by atoms with E-state index in [1.165, 1.54) is 7.11 Å². The summed E-state index contributed by atoms with van der Waals surface area (Å²) in [6.45, 7) is 9.53. The quantitative estimate of drug-likeness (QED) is 0.650. The highest BCUT2D eigenvalue weighted by Crippen LogP contribution is 2.26. The molecule has 0 radical (unpaired) electrons. The molecule has 2 atom stereocenters. The van der Waals surface area contributed by atoms with Crippen LogP contribution in [0.1, 0.15) is 53.4 Å². The van der Waals surface area contributed by atoms with Crippen LogP contribution in [0.15, 0.2) is 0 Å². The number of hydrogen-bond acceptors (Lipinski definition) is 3. The van der Waals surface area contributed by atoms with Gasteiger partial charge in [-0.05, 0) is 25.3 Å². The SMILES string of the molecule is CCNC(CC)(CC(=O)OC)CC(C)CC. The van der Waals surface area contributed by atoms with Gasteiger partial charge in [-0.25, -0.2) is 0 Å². The lowest BCUT2D eigenvalue weighted by Crippen LogP contribution is -2.47. The van der Waals surface area contributed by atoms with Crippen LogP contribution in [0.3, 0.4) is 0 Å². The molecular formula is C13H27NO2. The molecule has 0 aromatic carbocycles. The molecule has 0 aliphatic rings. The first kappa shape index (κ1) is 15.4. The maximum atomic E-state index is 11.5. The summed E-state index contributed by atoms with van der Waals surface area (Å²) in [5.41, 5.74) is -0.0860. The number of hydrogen-bond donors (Lipinski definition) is 1. The fraction of sp³-hybridized carbons (Fsp3) is 0.923. The van der Waals surface area contributed by atoms with Gasteiger partial charge in [0.15, 0.2) is 0 Å². The molecule has 0 amide bonds. The van der Waals surface area contributed by atoms with Crippen LogP contribution in [0.25, 0.3) is 0 Å². The molecule has 0 aliphatic heterocycles. The lowest BCUT2D eigenvalue weighted by Gasteiger charge is -2.35. The second-order valence-corrected chi connectivity index (χ2v) is 4.63.